The van der Waals surface area contributed by atoms with E-state index in [-0.39, 0.29) is 42.5 Å². The van der Waals surface area contributed by atoms with Crippen molar-refractivity contribution in [2.75, 3.05) is 57.3 Å². The second-order valence-corrected chi connectivity index (χ2v) is 15.8. The average molecular weight is 820 g/mol. The number of nitrogens with one attached hydrogen (secondary N) is 2. The van der Waals surface area contributed by atoms with Crippen molar-refractivity contribution in [3.05, 3.63) is 83.3 Å². The Kier molecular flexibility index (Phi) is 14.1. The minimum Gasteiger partial charge on any atom is -0.493 e. The lowest BCUT2D eigenvalue weighted by atomic mass is 9.91. The number of aromatic nitrogens is 3. The van der Waals surface area contributed by atoms with E-state index in [1.165, 1.54) is 11.0 Å². The van der Waals surface area contributed by atoms with E-state index in [2.05, 4.69) is 30.7 Å². The average Bonchev–Trinajstić information content (AvgIpc) is 3.61. The van der Waals surface area contributed by atoms with Crippen LogP contribution in [0.3, 0.4) is 0 Å². The fourth-order valence-corrected chi connectivity index (χ4v) is 8.27. The standard InChI is InChI=1S/C44H53N9O7/c54-39(16-12-32-8-6-20-45-29-32)46-21-3-1-7-31-18-22-52(23-19-31)44(59)35-13-15-38(49-48-35)50-24-26-51(27-25-50)41(56)11-2-4-28-60-37-10-5-9-33-34(37)30-53(43(33)58)36-14-17-40(55)47-42(36)57/h5-6,8-10,12-13,15-16,20,29,31,36H,1-4,7,11,14,17-19,21-28,30H2,(H,46,54)(H,47,55,57)/b16-12+. The number of piperidine rings is 2. The number of nitrogens with zero attached hydrogens (tertiary/aromatic N) is 7. The predicted octanol–water partition coefficient (Wildman–Crippen LogP) is 3.38. The van der Waals surface area contributed by atoms with Crippen LogP contribution in [0.5, 0.6) is 5.75 Å². The van der Waals surface area contributed by atoms with Crippen molar-refractivity contribution in [3.8, 4) is 5.75 Å². The molecule has 16 nitrogen and oxygen atoms in total. The van der Waals surface area contributed by atoms with Crippen molar-refractivity contribution in [2.45, 2.75) is 76.8 Å². The van der Waals surface area contributed by atoms with E-state index in [1.807, 2.05) is 34.1 Å². The Bertz CT molecular complexity index is 2050. The van der Waals surface area contributed by atoms with Crippen LogP contribution in [0.15, 0.2) is 60.9 Å². The summed E-state index contributed by atoms with van der Waals surface area (Å²) in [4.78, 5) is 86.8. The van der Waals surface area contributed by atoms with Gasteiger partial charge in [-0.15, -0.1) is 10.2 Å². The fourth-order valence-electron chi connectivity index (χ4n) is 8.27. The molecule has 16 heteroatoms. The largest absolute Gasteiger partial charge is 0.493 e. The number of likely N-dealkylation sites (tertiary alicyclic amines) is 1. The van der Waals surface area contributed by atoms with Gasteiger partial charge in [0.1, 0.15) is 11.8 Å². The fraction of sp³-hybridized carbons (Fsp3) is 0.477. The molecule has 1 unspecified atom stereocenters. The molecule has 7 rings (SSSR count). The number of imide groups is 1. The molecule has 2 N–H and O–H groups in total. The quantitative estimate of drug-likeness (QED) is 0.123. The summed E-state index contributed by atoms with van der Waals surface area (Å²) in [6.07, 6.45) is 13.8. The molecule has 3 fully saturated rings. The molecule has 1 atom stereocenters. The first-order valence-corrected chi connectivity index (χ1v) is 21.1. The van der Waals surface area contributed by atoms with Gasteiger partial charge in [0.25, 0.3) is 11.8 Å². The number of rotatable bonds is 16. The summed E-state index contributed by atoms with van der Waals surface area (Å²) in [5.41, 5.74) is 2.46. The van der Waals surface area contributed by atoms with Crippen molar-refractivity contribution >= 4 is 47.3 Å². The second-order valence-electron chi connectivity index (χ2n) is 15.8. The molecule has 0 saturated carbocycles. The van der Waals surface area contributed by atoms with Crippen molar-refractivity contribution in [2.24, 2.45) is 5.92 Å². The number of hydrogen-bond acceptors (Lipinski definition) is 11. The molecule has 4 aliphatic heterocycles. The van der Waals surface area contributed by atoms with Crippen LogP contribution in [0.2, 0.25) is 0 Å². The number of amides is 6. The highest BCUT2D eigenvalue weighted by atomic mass is 16.5. The maximum absolute atomic E-state index is 13.2. The Morgan fingerprint density at radius 3 is 2.45 bits per heavy atom. The van der Waals surface area contributed by atoms with Crippen LogP contribution in [-0.4, -0.2) is 124 Å². The van der Waals surface area contributed by atoms with Crippen LogP contribution in [-0.2, 0) is 25.7 Å². The van der Waals surface area contributed by atoms with Gasteiger partial charge in [-0.1, -0.05) is 25.0 Å². The van der Waals surface area contributed by atoms with Gasteiger partial charge in [0.2, 0.25) is 23.6 Å². The van der Waals surface area contributed by atoms with Gasteiger partial charge in [-0.05, 0) is 86.4 Å². The summed E-state index contributed by atoms with van der Waals surface area (Å²) >= 11 is 0. The van der Waals surface area contributed by atoms with Crippen molar-refractivity contribution < 1.29 is 33.5 Å². The van der Waals surface area contributed by atoms with Gasteiger partial charge in [0.15, 0.2) is 11.5 Å². The monoisotopic (exact) mass is 819 g/mol. The van der Waals surface area contributed by atoms with Crippen LogP contribution < -0.4 is 20.3 Å². The maximum Gasteiger partial charge on any atom is 0.274 e. The first-order chi connectivity index (χ1) is 29.2. The smallest absolute Gasteiger partial charge is 0.274 e. The number of ether oxygens (including phenoxy) is 1. The van der Waals surface area contributed by atoms with E-state index >= 15 is 0 Å². The zero-order valence-electron chi connectivity index (χ0n) is 33.9. The van der Waals surface area contributed by atoms with Gasteiger partial charge in [-0.2, -0.15) is 0 Å². The number of anilines is 1. The molecule has 2 aromatic heterocycles. The zero-order chi connectivity index (χ0) is 41.8. The molecule has 60 heavy (non-hydrogen) atoms. The topological polar surface area (TPSA) is 187 Å². The molecule has 316 valence electrons. The molecule has 3 aromatic rings. The number of fused-ring (bicyclic) bond motifs is 1. The van der Waals surface area contributed by atoms with Crippen molar-refractivity contribution in [1.82, 2.24) is 40.5 Å². The van der Waals surface area contributed by atoms with Crippen molar-refractivity contribution in [3.63, 3.8) is 0 Å². The highest BCUT2D eigenvalue weighted by Gasteiger charge is 2.40. The first kappa shape index (κ1) is 42.0. The molecule has 6 amide bonds. The summed E-state index contributed by atoms with van der Waals surface area (Å²) < 4.78 is 6.05. The van der Waals surface area contributed by atoms with E-state index < -0.39 is 11.9 Å². The van der Waals surface area contributed by atoms with Crippen LogP contribution in [0.1, 0.15) is 96.2 Å². The van der Waals surface area contributed by atoms with Gasteiger partial charge < -0.3 is 29.7 Å². The third-order valence-corrected chi connectivity index (χ3v) is 11.8. The minimum absolute atomic E-state index is 0.0890. The lowest BCUT2D eigenvalue weighted by Gasteiger charge is -2.35. The number of carbonyl (C=O) groups is 6. The van der Waals surface area contributed by atoms with Crippen LogP contribution in [0, 0.1) is 5.92 Å². The Labute approximate surface area is 349 Å². The Morgan fingerprint density at radius 1 is 0.867 bits per heavy atom. The van der Waals surface area contributed by atoms with E-state index in [4.69, 9.17) is 4.74 Å². The minimum atomic E-state index is -0.683. The normalized spacial score (nSPS) is 18.5. The molecule has 1 aromatic carbocycles. The first-order valence-electron chi connectivity index (χ1n) is 21.1. The molecular formula is C44H53N9O7. The molecule has 0 bridgehead atoms. The van der Waals surface area contributed by atoms with E-state index in [0.717, 1.165) is 43.2 Å². The second kappa shape index (κ2) is 20.2. The van der Waals surface area contributed by atoms with Gasteiger partial charge in [-0.25, -0.2) is 0 Å². The summed E-state index contributed by atoms with van der Waals surface area (Å²) in [5.74, 6) is 0.698. The van der Waals surface area contributed by atoms with Gasteiger partial charge >= 0.3 is 0 Å². The Hall–Kier alpha value is -6.19. The third-order valence-electron chi connectivity index (χ3n) is 11.8. The summed E-state index contributed by atoms with van der Waals surface area (Å²) in [6.45, 7) is 5.02. The highest BCUT2D eigenvalue weighted by molar-refractivity contribution is 6.05. The summed E-state index contributed by atoms with van der Waals surface area (Å²) in [7, 11) is 0. The number of unbranched alkanes of at least 4 members (excludes halogenated alkanes) is 2. The molecule has 4 aliphatic rings. The number of piperazine rings is 1. The number of carbonyl (C=O) groups excluding carboxylic acids is 6. The van der Waals surface area contributed by atoms with Crippen LogP contribution in [0.4, 0.5) is 5.82 Å². The zero-order valence-corrected chi connectivity index (χ0v) is 33.9. The van der Waals surface area contributed by atoms with Gasteiger partial charge in [0, 0.05) is 88.3 Å². The number of hydrogen-bond donors (Lipinski definition) is 2. The van der Waals surface area contributed by atoms with Gasteiger partial charge in [-0.3, -0.25) is 39.1 Å². The highest BCUT2D eigenvalue weighted by Crippen LogP contribution is 2.34. The van der Waals surface area contributed by atoms with E-state index in [9.17, 15) is 28.8 Å². The number of benzene rings is 1. The Morgan fingerprint density at radius 2 is 1.70 bits per heavy atom. The maximum atomic E-state index is 13.2. The molecule has 0 spiro atoms. The lowest BCUT2D eigenvalue weighted by Crippen LogP contribution is -2.52. The summed E-state index contributed by atoms with van der Waals surface area (Å²) in [6, 6.07) is 11.9. The lowest BCUT2D eigenvalue weighted by molar-refractivity contribution is -0.137. The predicted molar refractivity (Wildman–Crippen MR) is 221 cm³/mol. The molecule has 0 radical (unpaired) electrons. The summed E-state index contributed by atoms with van der Waals surface area (Å²) in [5, 5.41) is 13.9. The van der Waals surface area contributed by atoms with E-state index in [0.29, 0.717) is 107 Å². The molecule has 0 aliphatic carbocycles. The molecule has 3 saturated heterocycles. The third kappa shape index (κ3) is 10.7. The van der Waals surface area contributed by atoms with Crippen LogP contribution in [0.25, 0.3) is 6.08 Å². The SMILES string of the molecule is O=C(/C=C/c1cccnc1)NCCCCC1CCN(C(=O)c2ccc(N3CCN(C(=O)CCCCOc4cccc5c4CN(C4CCC(=O)NC4=O)C5=O)CC3)nn2)CC1. The molecule has 6 heterocycles. The van der Waals surface area contributed by atoms with Crippen LogP contribution >= 0.6 is 0 Å². The van der Waals surface area contributed by atoms with Gasteiger partial charge in [0.05, 0.1) is 13.2 Å². The van der Waals surface area contributed by atoms with Crippen molar-refractivity contribution in [1.29, 1.82) is 0 Å². The van der Waals surface area contributed by atoms with E-state index in [1.54, 1.807) is 36.7 Å². The number of pyridine rings is 1. The Balaban J connectivity index is 0.751. The molecular weight excluding hydrogens is 767 g/mol.